The number of hydrogen-bond donors (Lipinski definition) is 2. The molecule has 0 aliphatic rings. The molecule has 70 valence electrons. The SMILES string of the molecule is CCC(=O)Cc1ccc(O)cc1O. The highest BCUT2D eigenvalue weighted by Gasteiger charge is 2.06. The molecule has 0 bridgehead atoms. The van der Waals surface area contributed by atoms with Gasteiger partial charge in [-0.3, -0.25) is 4.79 Å². The fraction of sp³-hybridized carbons (Fsp3) is 0.300. The summed E-state index contributed by atoms with van der Waals surface area (Å²) in [5, 5.41) is 18.3. The quantitative estimate of drug-likeness (QED) is 0.743. The van der Waals surface area contributed by atoms with Crippen molar-refractivity contribution in [3.8, 4) is 11.5 Å². The number of rotatable bonds is 3. The van der Waals surface area contributed by atoms with Crippen molar-refractivity contribution in [1.82, 2.24) is 0 Å². The third-order valence-corrected chi connectivity index (χ3v) is 1.85. The fourth-order valence-corrected chi connectivity index (χ4v) is 1.04. The molecule has 1 aromatic carbocycles. The van der Waals surface area contributed by atoms with E-state index in [0.29, 0.717) is 12.0 Å². The Kier molecular flexibility index (Phi) is 2.90. The Balaban J connectivity index is 2.83. The van der Waals surface area contributed by atoms with Gasteiger partial charge in [-0.15, -0.1) is 0 Å². The number of benzene rings is 1. The molecule has 3 nitrogen and oxygen atoms in total. The predicted molar refractivity (Wildman–Crippen MR) is 48.8 cm³/mol. The van der Waals surface area contributed by atoms with Crippen molar-refractivity contribution in [3.05, 3.63) is 23.8 Å². The lowest BCUT2D eigenvalue weighted by molar-refractivity contribution is -0.118. The average molecular weight is 180 g/mol. The van der Waals surface area contributed by atoms with Crippen LogP contribution >= 0.6 is 0 Å². The van der Waals surface area contributed by atoms with E-state index in [1.165, 1.54) is 12.1 Å². The average Bonchev–Trinajstić information content (AvgIpc) is 2.09. The normalized spacial score (nSPS) is 9.92. The van der Waals surface area contributed by atoms with E-state index in [9.17, 15) is 9.90 Å². The minimum Gasteiger partial charge on any atom is -0.508 e. The van der Waals surface area contributed by atoms with Gasteiger partial charge in [-0.1, -0.05) is 13.0 Å². The highest BCUT2D eigenvalue weighted by molar-refractivity contribution is 5.81. The molecule has 0 saturated carbocycles. The standard InChI is InChI=1S/C10H12O3/c1-2-8(11)5-7-3-4-9(12)6-10(7)13/h3-4,6,12-13H,2,5H2,1H3. The number of carbonyl (C=O) groups is 1. The van der Waals surface area contributed by atoms with Gasteiger partial charge >= 0.3 is 0 Å². The Hall–Kier alpha value is -1.51. The Labute approximate surface area is 76.6 Å². The molecule has 0 saturated heterocycles. The van der Waals surface area contributed by atoms with E-state index in [2.05, 4.69) is 0 Å². The number of aromatic hydroxyl groups is 2. The van der Waals surface area contributed by atoms with Gasteiger partial charge < -0.3 is 10.2 Å². The molecule has 1 aromatic rings. The van der Waals surface area contributed by atoms with Gasteiger partial charge in [0.2, 0.25) is 0 Å². The van der Waals surface area contributed by atoms with Crippen LogP contribution in [0, 0.1) is 0 Å². The molecule has 13 heavy (non-hydrogen) atoms. The van der Waals surface area contributed by atoms with Crippen molar-refractivity contribution in [2.75, 3.05) is 0 Å². The lowest BCUT2D eigenvalue weighted by Crippen LogP contribution is -2.00. The largest absolute Gasteiger partial charge is 0.508 e. The summed E-state index contributed by atoms with van der Waals surface area (Å²) in [6, 6.07) is 4.24. The van der Waals surface area contributed by atoms with Gasteiger partial charge in [0.05, 0.1) is 0 Å². The Morgan fingerprint density at radius 2 is 2.08 bits per heavy atom. The maximum absolute atomic E-state index is 11.0. The minimum absolute atomic E-state index is 0.00481. The summed E-state index contributed by atoms with van der Waals surface area (Å²) < 4.78 is 0. The molecule has 2 N–H and O–H groups in total. The molecular weight excluding hydrogens is 168 g/mol. The first kappa shape index (κ1) is 9.58. The number of ketones is 1. The lowest BCUT2D eigenvalue weighted by atomic mass is 10.1. The van der Waals surface area contributed by atoms with E-state index >= 15 is 0 Å². The zero-order chi connectivity index (χ0) is 9.84. The zero-order valence-electron chi connectivity index (χ0n) is 7.45. The molecule has 0 aliphatic carbocycles. The van der Waals surface area contributed by atoms with Crippen molar-refractivity contribution in [2.45, 2.75) is 19.8 Å². The van der Waals surface area contributed by atoms with Crippen LogP contribution in [-0.4, -0.2) is 16.0 Å². The summed E-state index contributed by atoms with van der Waals surface area (Å²) in [5.74, 6) is 0.0491. The smallest absolute Gasteiger partial charge is 0.137 e. The van der Waals surface area contributed by atoms with Gasteiger partial charge in [0.1, 0.15) is 17.3 Å². The van der Waals surface area contributed by atoms with Crippen molar-refractivity contribution in [2.24, 2.45) is 0 Å². The third-order valence-electron chi connectivity index (χ3n) is 1.85. The summed E-state index contributed by atoms with van der Waals surface area (Å²) >= 11 is 0. The van der Waals surface area contributed by atoms with Crippen LogP contribution in [0.3, 0.4) is 0 Å². The molecule has 0 heterocycles. The van der Waals surface area contributed by atoms with E-state index in [4.69, 9.17) is 5.11 Å². The summed E-state index contributed by atoms with van der Waals surface area (Å²) in [6.45, 7) is 1.78. The first-order valence-corrected chi connectivity index (χ1v) is 4.16. The van der Waals surface area contributed by atoms with E-state index in [1.807, 2.05) is 0 Å². The van der Waals surface area contributed by atoms with Gasteiger partial charge in [-0.2, -0.15) is 0 Å². The van der Waals surface area contributed by atoms with Crippen LogP contribution in [0.2, 0.25) is 0 Å². The Bertz CT molecular complexity index is 318. The molecule has 0 aliphatic heterocycles. The summed E-state index contributed by atoms with van der Waals surface area (Å²) in [6.07, 6.45) is 0.683. The predicted octanol–water partition coefficient (Wildman–Crippen LogP) is 1.62. The van der Waals surface area contributed by atoms with E-state index < -0.39 is 0 Å². The molecule has 0 aromatic heterocycles. The number of Topliss-reactive ketones (excluding diaryl/α,β-unsaturated/α-hetero) is 1. The van der Waals surface area contributed by atoms with Crippen LogP contribution in [0.15, 0.2) is 18.2 Å². The summed E-state index contributed by atoms with van der Waals surface area (Å²) in [7, 11) is 0. The molecule has 0 spiro atoms. The molecule has 0 unspecified atom stereocenters. The lowest BCUT2D eigenvalue weighted by Gasteiger charge is -2.02. The molecule has 3 heteroatoms. The van der Waals surface area contributed by atoms with Crippen LogP contribution < -0.4 is 0 Å². The van der Waals surface area contributed by atoms with Gasteiger partial charge in [0, 0.05) is 24.5 Å². The topological polar surface area (TPSA) is 57.5 Å². The van der Waals surface area contributed by atoms with Gasteiger partial charge in [0.25, 0.3) is 0 Å². The summed E-state index contributed by atoms with van der Waals surface area (Å²) in [4.78, 5) is 11.0. The van der Waals surface area contributed by atoms with Gasteiger partial charge in [0.15, 0.2) is 0 Å². The van der Waals surface area contributed by atoms with Gasteiger partial charge in [-0.25, -0.2) is 0 Å². The molecule has 0 amide bonds. The van der Waals surface area contributed by atoms with Gasteiger partial charge in [-0.05, 0) is 6.07 Å². The highest BCUT2D eigenvalue weighted by atomic mass is 16.3. The number of hydrogen-bond acceptors (Lipinski definition) is 3. The monoisotopic (exact) mass is 180 g/mol. The summed E-state index contributed by atoms with van der Waals surface area (Å²) in [5.41, 5.74) is 0.560. The van der Waals surface area contributed by atoms with Crippen molar-refractivity contribution in [3.63, 3.8) is 0 Å². The first-order valence-electron chi connectivity index (χ1n) is 4.16. The molecule has 0 fully saturated rings. The second kappa shape index (κ2) is 3.94. The number of carbonyl (C=O) groups excluding carboxylic acids is 1. The van der Waals surface area contributed by atoms with Crippen LogP contribution in [-0.2, 0) is 11.2 Å². The third kappa shape index (κ3) is 2.47. The number of phenols is 2. The molecule has 0 atom stereocenters. The highest BCUT2D eigenvalue weighted by Crippen LogP contribution is 2.23. The molecule has 1 rings (SSSR count). The van der Waals surface area contributed by atoms with Crippen LogP contribution in [0.1, 0.15) is 18.9 Å². The van der Waals surface area contributed by atoms with Crippen LogP contribution in [0.4, 0.5) is 0 Å². The maximum Gasteiger partial charge on any atom is 0.137 e. The minimum atomic E-state index is -0.0261. The van der Waals surface area contributed by atoms with E-state index in [-0.39, 0.29) is 23.7 Å². The van der Waals surface area contributed by atoms with Crippen LogP contribution in [0.25, 0.3) is 0 Å². The number of phenolic OH excluding ortho intramolecular Hbond substituents is 2. The second-order valence-electron chi connectivity index (χ2n) is 2.88. The van der Waals surface area contributed by atoms with Crippen molar-refractivity contribution in [1.29, 1.82) is 0 Å². The first-order chi connectivity index (χ1) is 6.13. The van der Waals surface area contributed by atoms with Crippen molar-refractivity contribution >= 4 is 5.78 Å². The maximum atomic E-state index is 11.0. The van der Waals surface area contributed by atoms with Crippen LogP contribution in [0.5, 0.6) is 11.5 Å². The Morgan fingerprint density at radius 3 is 2.62 bits per heavy atom. The van der Waals surface area contributed by atoms with Crippen molar-refractivity contribution < 1.29 is 15.0 Å². The fourth-order valence-electron chi connectivity index (χ4n) is 1.04. The molecule has 0 radical (unpaired) electrons. The van der Waals surface area contributed by atoms with E-state index in [0.717, 1.165) is 0 Å². The second-order valence-corrected chi connectivity index (χ2v) is 2.88. The van der Waals surface area contributed by atoms with E-state index in [1.54, 1.807) is 13.0 Å². The zero-order valence-corrected chi connectivity index (χ0v) is 7.45. The Morgan fingerprint density at radius 1 is 1.38 bits per heavy atom. The molecular formula is C10H12O3.